The molecule has 1 N–H and O–H groups in total. The SMILES string of the molecule is Brc1cc2c(cc1CSc1nnc(NC3CC3)s1)OCCO2. The molecule has 1 aromatic heterocycles. The maximum absolute atomic E-state index is 5.64. The molecule has 4 rings (SSSR count). The van der Waals surface area contributed by atoms with Crippen molar-refractivity contribution in [2.75, 3.05) is 18.5 Å². The zero-order chi connectivity index (χ0) is 14.9. The van der Waals surface area contributed by atoms with Crippen molar-refractivity contribution in [1.29, 1.82) is 0 Å². The van der Waals surface area contributed by atoms with Gasteiger partial charge in [-0.2, -0.15) is 0 Å². The highest BCUT2D eigenvalue weighted by atomic mass is 79.9. The Morgan fingerprint density at radius 2 is 2.00 bits per heavy atom. The molecule has 0 bridgehead atoms. The zero-order valence-corrected chi connectivity index (χ0v) is 14.9. The van der Waals surface area contributed by atoms with E-state index in [9.17, 15) is 0 Å². The van der Waals surface area contributed by atoms with Crippen LogP contribution in [0.15, 0.2) is 20.9 Å². The largest absolute Gasteiger partial charge is 0.486 e. The molecular formula is C14H14BrN3O2S2. The van der Waals surface area contributed by atoms with Gasteiger partial charge < -0.3 is 14.8 Å². The number of rotatable bonds is 5. The lowest BCUT2D eigenvalue weighted by Crippen LogP contribution is -2.15. The summed E-state index contributed by atoms with van der Waals surface area (Å²) in [6.07, 6.45) is 2.48. The average Bonchev–Trinajstić information content (AvgIpc) is 3.22. The number of nitrogens with zero attached hydrogens (tertiary/aromatic N) is 2. The number of ether oxygens (including phenoxy) is 2. The maximum atomic E-state index is 5.64. The second kappa shape index (κ2) is 6.25. The third-order valence-electron chi connectivity index (χ3n) is 3.37. The first-order valence-electron chi connectivity index (χ1n) is 7.09. The fraction of sp³-hybridized carbons (Fsp3) is 0.429. The van der Waals surface area contributed by atoms with Crippen molar-refractivity contribution in [3.63, 3.8) is 0 Å². The molecule has 1 aromatic carbocycles. The zero-order valence-electron chi connectivity index (χ0n) is 11.7. The van der Waals surface area contributed by atoms with Crippen LogP contribution in [0, 0.1) is 0 Å². The number of aromatic nitrogens is 2. The average molecular weight is 400 g/mol. The molecule has 2 aromatic rings. The van der Waals surface area contributed by atoms with Crippen LogP contribution in [0.3, 0.4) is 0 Å². The molecule has 116 valence electrons. The summed E-state index contributed by atoms with van der Waals surface area (Å²) in [4.78, 5) is 0. The molecule has 2 aliphatic rings. The summed E-state index contributed by atoms with van der Waals surface area (Å²) in [5.41, 5.74) is 1.17. The highest BCUT2D eigenvalue weighted by Gasteiger charge is 2.22. The van der Waals surface area contributed by atoms with Crippen LogP contribution in [0.25, 0.3) is 0 Å². The summed E-state index contributed by atoms with van der Waals surface area (Å²) in [6.45, 7) is 1.21. The molecule has 1 saturated carbocycles. The van der Waals surface area contributed by atoms with E-state index in [-0.39, 0.29) is 0 Å². The summed E-state index contributed by atoms with van der Waals surface area (Å²) in [5, 5.41) is 12.7. The summed E-state index contributed by atoms with van der Waals surface area (Å²) >= 11 is 6.90. The third-order valence-corrected chi connectivity index (χ3v) is 6.15. The number of fused-ring (bicyclic) bond motifs is 1. The lowest BCUT2D eigenvalue weighted by molar-refractivity contribution is 0.171. The molecule has 0 saturated heterocycles. The lowest BCUT2D eigenvalue weighted by Gasteiger charge is -2.19. The van der Waals surface area contributed by atoms with E-state index < -0.39 is 0 Å². The van der Waals surface area contributed by atoms with Crippen molar-refractivity contribution in [2.45, 2.75) is 29.0 Å². The van der Waals surface area contributed by atoms with Gasteiger partial charge in [-0.3, -0.25) is 0 Å². The number of nitrogens with one attached hydrogen (secondary N) is 1. The standard InChI is InChI=1S/C14H14BrN3O2S2/c15-10-6-12-11(19-3-4-20-12)5-8(10)7-21-14-18-17-13(22-14)16-9-1-2-9/h5-6,9H,1-4,7H2,(H,16,17). The van der Waals surface area contributed by atoms with E-state index >= 15 is 0 Å². The van der Waals surface area contributed by atoms with E-state index in [1.54, 1.807) is 23.1 Å². The topological polar surface area (TPSA) is 56.3 Å². The Bertz CT molecular complexity index is 691. The van der Waals surface area contributed by atoms with Crippen molar-refractivity contribution < 1.29 is 9.47 Å². The van der Waals surface area contributed by atoms with Crippen LogP contribution in [0.1, 0.15) is 18.4 Å². The van der Waals surface area contributed by atoms with Crippen LogP contribution in [0.4, 0.5) is 5.13 Å². The summed E-state index contributed by atoms with van der Waals surface area (Å²) in [6, 6.07) is 4.62. The molecule has 1 aliphatic heterocycles. The molecule has 0 unspecified atom stereocenters. The minimum absolute atomic E-state index is 0.605. The molecule has 22 heavy (non-hydrogen) atoms. The molecule has 1 fully saturated rings. The number of thioether (sulfide) groups is 1. The van der Waals surface area contributed by atoms with Gasteiger partial charge in [0.25, 0.3) is 0 Å². The van der Waals surface area contributed by atoms with E-state index in [1.165, 1.54) is 18.4 Å². The summed E-state index contributed by atoms with van der Waals surface area (Å²) in [5.74, 6) is 2.44. The first kappa shape index (κ1) is 14.6. The van der Waals surface area contributed by atoms with Crippen LogP contribution >= 0.6 is 39.0 Å². The minimum atomic E-state index is 0.605. The van der Waals surface area contributed by atoms with E-state index in [0.717, 1.165) is 31.2 Å². The minimum Gasteiger partial charge on any atom is -0.486 e. The normalized spacial score (nSPS) is 16.6. The second-order valence-electron chi connectivity index (χ2n) is 5.17. The van der Waals surface area contributed by atoms with Crippen molar-refractivity contribution in [1.82, 2.24) is 10.2 Å². The fourth-order valence-electron chi connectivity index (χ4n) is 2.08. The quantitative estimate of drug-likeness (QED) is 0.768. The number of halogens is 1. The molecule has 0 amide bonds. The molecule has 8 heteroatoms. The van der Waals surface area contributed by atoms with Gasteiger partial charge in [0.2, 0.25) is 5.13 Å². The Hall–Kier alpha value is -0.990. The van der Waals surface area contributed by atoms with Crippen LogP contribution in [0.5, 0.6) is 11.5 Å². The number of hydrogen-bond acceptors (Lipinski definition) is 7. The predicted octanol–water partition coefficient (Wildman–Crippen LogP) is 3.94. The summed E-state index contributed by atoms with van der Waals surface area (Å²) in [7, 11) is 0. The number of anilines is 1. The molecular weight excluding hydrogens is 386 g/mol. The Balaban J connectivity index is 1.43. The van der Waals surface area contributed by atoms with Gasteiger partial charge in [0.1, 0.15) is 13.2 Å². The molecule has 0 spiro atoms. The molecule has 0 atom stereocenters. The van der Waals surface area contributed by atoms with E-state index in [4.69, 9.17) is 9.47 Å². The number of benzene rings is 1. The van der Waals surface area contributed by atoms with Crippen LogP contribution in [0.2, 0.25) is 0 Å². The molecule has 0 radical (unpaired) electrons. The van der Waals surface area contributed by atoms with Gasteiger partial charge in [0.05, 0.1) is 0 Å². The van der Waals surface area contributed by atoms with Gasteiger partial charge >= 0.3 is 0 Å². The smallest absolute Gasteiger partial charge is 0.206 e. The van der Waals surface area contributed by atoms with E-state index in [1.807, 2.05) is 12.1 Å². The monoisotopic (exact) mass is 399 g/mol. The Kier molecular flexibility index (Phi) is 4.15. The highest BCUT2D eigenvalue weighted by Crippen LogP contribution is 2.38. The third kappa shape index (κ3) is 3.33. The van der Waals surface area contributed by atoms with Gasteiger partial charge in [-0.15, -0.1) is 10.2 Å². The molecule has 5 nitrogen and oxygen atoms in total. The fourth-order valence-corrected chi connectivity index (χ4v) is 4.55. The summed E-state index contributed by atoms with van der Waals surface area (Å²) < 4.78 is 13.2. The van der Waals surface area contributed by atoms with Gasteiger partial charge in [-0.05, 0) is 30.5 Å². The van der Waals surface area contributed by atoms with E-state index in [0.29, 0.717) is 19.3 Å². The van der Waals surface area contributed by atoms with Crippen LogP contribution in [-0.2, 0) is 5.75 Å². The Morgan fingerprint density at radius 3 is 2.77 bits per heavy atom. The van der Waals surface area contributed by atoms with Gasteiger partial charge in [-0.25, -0.2) is 0 Å². The maximum Gasteiger partial charge on any atom is 0.206 e. The Labute approximate surface area is 144 Å². The van der Waals surface area contributed by atoms with Crippen molar-refractivity contribution in [3.8, 4) is 11.5 Å². The van der Waals surface area contributed by atoms with E-state index in [2.05, 4.69) is 31.4 Å². The van der Waals surface area contributed by atoms with Crippen LogP contribution < -0.4 is 14.8 Å². The first-order valence-corrected chi connectivity index (χ1v) is 9.68. The van der Waals surface area contributed by atoms with Crippen LogP contribution in [-0.4, -0.2) is 29.5 Å². The van der Waals surface area contributed by atoms with Crippen molar-refractivity contribution in [2.24, 2.45) is 0 Å². The molecule has 2 heterocycles. The van der Waals surface area contributed by atoms with Crippen molar-refractivity contribution in [3.05, 3.63) is 22.2 Å². The Morgan fingerprint density at radius 1 is 1.23 bits per heavy atom. The predicted molar refractivity (Wildman–Crippen MR) is 91.2 cm³/mol. The van der Waals surface area contributed by atoms with Crippen molar-refractivity contribution >= 4 is 44.2 Å². The molecule has 1 aliphatic carbocycles. The second-order valence-corrected chi connectivity index (χ2v) is 8.22. The first-order chi connectivity index (χ1) is 10.8. The lowest BCUT2D eigenvalue weighted by atomic mass is 10.2. The van der Waals surface area contributed by atoms with Gasteiger partial charge in [-0.1, -0.05) is 39.0 Å². The van der Waals surface area contributed by atoms with Gasteiger partial charge in [0, 0.05) is 16.3 Å². The highest BCUT2D eigenvalue weighted by molar-refractivity contribution is 9.10. The van der Waals surface area contributed by atoms with Gasteiger partial charge in [0.15, 0.2) is 15.8 Å². The number of hydrogen-bond donors (Lipinski definition) is 1.